The van der Waals surface area contributed by atoms with Gasteiger partial charge in [0.15, 0.2) is 0 Å². The zero-order valence-corrected chi connectivity index (χ0v) is 17.0. The molecule has 28 heavy (non-hydrogen) atoms. The normalized spacial score (nSPS) is 17.5. The van der Waals surface area contributed by atoms with E-state index in [1.807, 2.05) is 18.2 Å². The molecule has 0 aliphatic heterocycles. The van der Waals surface area contributed by atoms with Crippen molar-refractivity contribution in [2.24, 2.45) is 0 Å². The third-order valence-electron chi connectivity index (χ3n) is 6.11. The van der Waals surface area contributed by atoms with Gasteiger partial charge in [-0.3, -0.25) is 0 Å². The Morgan fingerprint density at radius 3 is 2.46 bits per heavy atom. The topological polar surface area (TPSA) is 32.3 Å². The van der Waals surface area contributed by atoms with Crippen LogP contribution in [0, 0.1) is 0 Å². The number of hydrogen-bond donors (Lipinski definition) is 2. The van der Waals surface area contributed by atoms with Gasteiger partial charge in [-0.25, -0.2) is 0 Å². The summed E-state index contributed by atoms with van der Waals surface area (Å²) in [4.78, 5) is 0. The Bertz CT molecular complexity index is 932. The first-order valence-electron chi connectivity index (χ1n) is 10.3. The van der Waals surface area contributed by atoms with Gasteiger partial charge in [-0.2, -0.15) is 0 Å². The summed E-state index contributed by atoms with van der Waals surface area (Å²) in [5, 5.41) is 18.4. The van der Waals surface area contributed by atoms with Crippen LogP contribution in [0.3, 0.4) is 0 Å². The van der Waals surface area contributed by atoms with Crippen LogP contribution in [-0.2, 0) is 6.54 Å². The van der Waals surface area contributed by atoms with Crippen LogP contribution in [-0.4, -0.2) is 17.3 Å². The molecule has 0 bridgehead atoms. The fraction of sp³-hybridized carbons (Fsp3) is 0.360. The standard InChI is InChI=1S/C25H28ClNO/c26-23-10-6-7-19(15-23)17-27-18-24(25(28)13-4-1-5-14-25)22-12-11-20-8-2-3-9-21(20)16-22/h2-3,6-12,15-16,24,27-28H,1,4-5,13-14,17-18H2. The van der Waals surface area contributed by atoms with Crippen molar-refractivity contribution in [2.45, 2.75) is 50.2 Å². The Kier molecular flexibility index (Phi) is 6.01. The van der Waals surface area contributed by atoms with Gasteiger partial charge in [0, 0.05) is 24.0 Å². The van der Waals surface area contributed by atoms with Crippen molar-refractivity contribution in [1.29, 1.82) is 0 Å². The van der Waals surface area contributed by atoms with E-state index >= 15 is 0 Å². The predicted octanol–water partition coefficient (Wildman–Crippen LogP) is 6.06. The molecule has 3 heteroatoms. The number of nitrogens with one attached hydrogen (secondary N) is 1. The lowest BCUT2D eigenvalue weighted by Gasteiger charge is -2.40. The van der Waals surface area contributed by atoms with Crippen molar-refractivity contribution in [3.8, 4) is 0 Å². The average molecular weight is 394 g/mol. The van der Waals surface area contributed by atoms with Gasteiger partial charge >= 0.3 is 0 Å². The third-order valence-corrected chi connectivity index (χ3v) is 6.35. The molecule has 1 saturated carbocycles. The van der Waals surface area contributed by atoms with E-state index in [1.54, 1.807) is 0 Å². The number of rotatable bonds is 6. The molecule has 1 fully saturated rings. The molecule has 4 rings (SSSR count). The summed E-state index contributed by atoms with van der Waals surface area (Å²) >= 11 is 6.11. The summed E-state index contributed by atoms with van der Waals surface area (Å²) in [5.74, 6) is 0.0802. The fourth-order valence-corrected chi connectivity index (χ4v) is 4.78. The maximum atomic E-state index is 11.5. The van der Waals surface area contributed by atoms with Gasteiger partial charge in [-0.15, -0.1) is 0 Å². The van der Waals surface area contributed by atoms with Gasteiger partial charge in [0.1, 0.15) is 0 Å². The zero-order valence-electron chi connectivity index (χ0n) is 16.2. The molecular formula is C25H28ClNO. The smallest absolute Gasteiger partial charge is 0.0728 e. The Labute approximate surface area is 172 Å². The molecule has 2 N–H and O–H groups in total. The zero-order chi connectivity index (χ0) is 19.4. The third kappa shape index (κ3) is 4.41. The predicted molar refractivity (Wildman–Crippen MR) is 118 cm³/mol. The highest BCUT2D eigenvalue weighted by molar-refractivity contribution is 6.30. The van der Waals surface area contributed by atoms with Crippen LogP contribution in [0.25, 0.3) is 10.8 Å². The number of fused-ring (bicyclic) bond motifs is 1. The van der Waals surface area contributed by atoms with E-state index in [1.165, 1.54) is 28.3 Å². The van der Waals surface area contributed by atoms with Crippen LogP contribution in [0.15, 0.2) is 66.7 Å². The SMILES string of the molecule is OC1(C(CNCc2cccc(Cl)c2)c2ccc3ccccc3c2)CCCCC1. The average Bonchev–Trinajstić information content (AvgIpc) is 2.71. The lowest BCUT2D eigenvalue weighted by molar-refractivity contribution is -0.0216. The highest BCUT2D eigenvalue weighted by Gasteiger charge is 2.38. The summed E-state index contributed by atoms with van der Waals surface area (Å²) in [5.41, 5.74) is 1.75. The van der Waals surface area contributed by atoms with Crippen LogP contribution >= 0.6 is 11.6 Å². The van der Waals surface area contributed by atoms with Gasteiger partial charge in [-0.05, 0) is 46.9 Å². The van der Waals surface area contributed by atoms with E-state index < -0.39 is 5.60 Å². The highest BCUT2D eigenvalue weighted by atomic mass is 35.5. The van der Waals surface area contributed by atoms with Crippen molar-refractivity contribution in [1.82, 2.24) is 5.32 Å². The monoisotopic (exact) mass is 393 g/mol. The van der Waals surface area contributed by atoms with Crippen LogP contribution < -0.4 is 5.32 Å². The summed E-state index contributed by atoms with van der Waals surface area (Å²) in [7, 11) is 0. The molecule has 3 aromatic carbocycles. The molecule has 2 nitrogen and oxygen atoms in total. The van der Waals surface area contributed by atoms with E-state index in [4.69, 9.17) is 11.6 Å². The molecule has 0 radical (unpaired) electrons. The quantitative estimate of drug-likeness (QED) is 0.533. The first-order valence-corrected chi connectivity index (χ1v) is 10.7. The van der Waals surface area contributed by atoms with E-state index in [2.05, 4.69) is 53.8 Å². The minimum atomic E-state index is -0.637. The number of benzene rings is 3. The molecule has 1 aliphatic rings. The lowest BCUT2D eigenvalue weighted by atomic mass is 9.72. The summed E-state index contributed by atoms with van der Waals surface area (Å²) in [6, 6.07) is 23.0. The van der Waals surface area contributed by atoms with Gasteiger partial charge in [0.2, 0.25) is 0 Å². The van der Waals surface area contributed by atoms with Crippen molar-refractivity contribution in [3.05, 3.63) is 82.9 Å². The molecule has 1 aliphatic carbocycles. The Morgan fingerprint density at radius 2 is 1.68 bits per heavy atom. The van der Waals surface area contributed by atoms with Gasteiger partial charge in [0.05, 0.1) is 5.60 Å². The van der Waals surface area contributed by atoms with Crippen LogP contribution in [0.1, 0.15) is 49.1 Å². The molecule has 0 heterocycles. The molecule has 1 unspecified atom stereocenters. The summed E-state index contributed by atoms with van der Waals surface area (Å²) in [6.07, 6.45) is 5.19. The summed E-state index contributed by atoms with van der Waals surface area (Å²) < 4.78 is 0. The molecule has 1 atom stereocenters. The van der Waals surface area contributed by atoms with E-state index in [0.29, 0.717) is 0 Å². The molecule has 0 spiro atoms. The number of halogens is 1. The number of aliphatic hydroxyl groups is 1. The first kappa shape index (κ1) is 19.4. The maximum Gasteiger partial charge on any atom is 0.0728 e. The van der Waals surface area contributed by atoms with E-state index in [9.17, 15) is 5.11 Å². The van der Waals surface area contributed by atoms with Gasteiger partial charge in [-0.1, -0.05) is 85.5 Å². The highest BCUT2D eigenvalue weighted by Crippen LogP contribution is 2.40. The lowest BCUT2D eigenvalue weighted by Crippen LogP contribution is -2.43. The molecule has 146 valence electrons. The Morgan fingerprint density at radius 1 is 0.893 bits per heavy atom. The van der Waals surface area contributed by atoms with Gasteiger partial charge < -0.3 is 10.4 Å². The first-order chi connectivity index (χ1) is 13.6. The molecular weight excluding hydrogens is 366 g/mol. The second kappa shape index (κ2) is 8.65. The van der Waals surface area contributed by atoms with Crippen molar-refractivity contribution in [2.75, 3.05) is 6.54 Å². The van der Waals surface area contributed by atoms with Crippen LogP contribution in [0.4, 0.5) is 0 Å². The maximum absolute atomic E-state index is 11.5. The molecule has 0 aromatic heterocycles. The Hall–Kier alpha value is -1.87. The molecule has 0 saturated heterocycles. The second-order valence-electron chi connectivity index (χ2n) is 8.08. The molecule has 3 aromatic rings. The van der Waals surface area contributed by atoms with Crippen LogP contribution in [0.5, 0.6) is 0 Å². The van der Waals surface area contributed by atoms with Gasteiger partial charge in [0.25, 0.3) is 0 Å². The Balaban J connectivity index is 1.57. The largest absolute Gasteiger partial charge is 0.389 e. The molecule has 0 amide bonds. The summed E-state index contributed by atoms with van der Waals surface area (Å²) in [6.45, 7) is 1.50. The van der Waals surface area contributed by atoms with E-state index in [0.717, 1.165) is 43.8 Å². The minimum Gasteiger partial charge on any atom is -0.389 e. The van der Waals surface area contributed by atoms with Crippen molar-refractivity contribution >= 4 is 22.4 Å². The van der Waals surface area contributed by atoms with Crippen molar-refractivity contribution in [3.63, 3.8) is 0 Å². The minimum absolute atomic E-state index is 0.0802. The fourth-order valence-electron chi connectivity index (χ4n) is 4.56. The van der Waals surface area contributed by atoms with Crippen molar-refractivity contribution < 1.29 is 5.11 Å². The number of hydrogen-bond acceptors (Lipinski definition) is 2. The van der Waals surface area contributed by atoms with Crippen LogP contribution in [0.2, 0.25) is 5.02 Å². The van der Waals surface area contributed by atoms with E-state index in [-0.39, 0.29) is 5.92 Å². The second-order valence-corrected chi connectivity index (χ2v) is 8.52.